The molecule has 20 heavy (non-hydrogen) atoms. The van der Waals surface area contributed by atoms with Crippen LogP contribution in [-0.4, -0.2) is 9.79 Å². The molecule has 0 radical (unpaired) electrons. The lowest BCUT2D eigenvalue weighted by molar-refractivity contribution is 0.347. The van der Waals surface area contributed by atoms with Crippen LogP contribution < -0.4 is 5.32 Å². The molecule has 0 aromatic heterocycles. The van der Waals surface area contributed by atoms with E-state index in [9.17, 15) is 14.4 Å². The zero-order valence-corrected chi connectivity index (χ0v) is 12.3. The zero-order valence-electron chi connectivity index (χ0n) is 10.6. The van der Waals surface area contributed by atoms with Crippen LogP contribution in [-0.2, 0) is 11.1 Å². The molecule has 0 unspecified atom stereocenters. The van der Waals surface area contributed by atoms with E-state index in [-0.39, 0.29) is 0 Å². The molecule has 3 N–H and O–H groups in total. The molecule has 2 aromatic carbocycles. The highest BCUT2D eigenvalue weighted by Crippen LogP contribution is 2.50. The monoisotopic (exact) mass is 311 g/mol. The number of benzene rings is 2. The van der Waals surface area contributed by atoms with Crippen molar-refractivity contribution >= 4 is 19.2 Å². The quantitative estimate of drug-likeness (QED) is 0.741. The SMILES string of the molecule is O=P(O)(O)[C@@H](NCc1ccccc1)c1ccc(Cl)cc1. The Kier molecular flexibility index (Phi) is 4.97. The molecule has 0 aliphatic rings. The van der Waals surface area contributed by atoms with Crippen LogP contribution in [0.25, 0.3) is 0 Å². The summed E-state index contributed by atoms with van der Waals surface area (Å²) in [5, 5.41) is 3.43. The summed E-state index contributed by atoms with van der Waals surface area (Å²) in [5.41, 5.74) is 1.47. The van der Waals surface area contributed by atoms with Gasteiger partial charge >= 0.3 is 7.60 Å². The highest BCUT2D eigenvalue weighted by Gasteiger charge is 2.29. The van der Waals surface area contributed by atoms with E-state index in [4.69, 9.17) is 11.6 Å². The van der Waals surface area contributed by atoms with Gasteiger partial charge in [0.2, 0.25) is 0 Å². The minimum Gasteiger partial charge on any atom is -0.323 e. The molecule has 1 atom stereocenters. The van der Waals surface area contributed by atoms with Gasteiger partial charge in [0.25, 0.3) is 0 Å². The topological polar surface area (TPSA) is 69.6 Å². The normalized spacial score (nSPS) is 13.2. The maximum absolute atomic E-state index is 11.6. The van der Waals surface area contributed by atoms with Gasteiger partial charge < -0.3 is 9.79 Å². The number of nitrogens with one attached hydrogen (secondary N) is 1. The fraction of sp³-hybridized carbons (Fsp3) is 0.143. The molecule has 6 heteroatoms. The van der Waals surface area contributed by atoms with Crippen molar-refractivity contribution in [2.75, 3.05) is 0 Å². The molecule has 0 aliphatic heterocycles. The summed E-state index contributed by atoms with van der Waals surface area (Å²) in [6, 6.07) is 15.9. The summed E-state index contributed by atoms with van der Waals surface area (Å²) < 4.78 is 11.6. The van der Waals surface area contributed by atoms with Gasteiger partial charge in [-0.1, -0.05) is 54.1 Å². The molecule has 0 saturated carbocycles. The van der Waals surface area contributed by atoms with Crippen molar-refractivity contribution in [2.45, 2.75) is 12.3 Å². The van der Waals surface area contributed by atoms with E-state index in [2.05, 4.69) is 5.32 Å². The van der Waals surface area contributed by atoms with Gasteiger partial charge in [-0.25, -0.2) is 0 Å². The van der Waals surface area contributed by atoms with Crippen LogP contribution in [0.4, 0.5) is 0 Å². The van der Waals surface area contributed by atoms with Gasteiger partial charge in [0.05, 0.1) is 0 Å². The van der Waals surface area contributed by atoms with Crippen molar-refractivity contribution in [2.24, 2.45) is 0 Å². The van der Waals surface area contributed by atoms with E-state index in [1.165, 1.54) is 0 Å². The second-order valence-corrected chi connectivity index (χ2v) is 6.54. The fourth-order valence-corrected chi connectivity index (χ4v) is 2.90. The predicted molar refractivity (Wildman–Crippen MR) is 79.5 cm³/mol. The van der Waals surface area contributed by atoms with E-state index in [1.54, 1.807) is 24.3 Å². The number of halogens is 1. The minimum atomic E-state index is -4.30. The summed E-state index contributed by atoms with van der Waals surface area (Å²) in [5.74, 6) is -1.04. The van der Waals surface area contributed by atoms with Crippen LogP contribution in [0.1, 0.15) is 16.9 Å². The smallest absolute Gasteiger partial charge is 0.323 e. The van der Waals surface area contributed by atoms with Gasteiger partial charge in [0.15, 0.2) is 0 Å². The van der Waals surface area contributed by atoms with E-state index in [0.29, 0.717) is 17.1 Å². The lowest BCUT2D eigenvalue weighted by atomic mass is 10.2. The average molecular weight is 312 g/mol. The molecule has 0 heterocycles. The molecule has 0 fully saturated rings. The Balaban J connectivity index is 2.17. The van der Waals surface area contributed by atoms with E-state index >= 15 is 0 Å². The Morgan fingerprint density at radius 3 is 2.20 bits per heavy atom. The summed E-state index contributed by atoms with van der Waals surface area (Å²) >= 11 is 5.79. The molecule has 0 aliphatic carbocycles. The molecule has 4 nitrogen and oxygen atoms in total. The maximum Gasteiger partial charge on any atom is 0.346 e. The zero-order chi connectivity index (χ0) is 14.6. The van der Waals surface area contributed by atoms with E-state index < -0.39 is 13.4 Å². The van der Waals surface area contributed by atoms with Gasteiger partial charge in [-0.3, -0.25) is 9.88 Å². The molecule has 106 valence electrons. The summed E-state index contributed by atoms with van der Waals surface area (Å²) in [7, 11) is -4.30. The van der Waals surface area contributed by atoms with Crippen LogP contribution in [0.3, 0.4) is 0 Å². The fourth-order valence-electron chi connectivity index (χ4n) is 1.89. The predicted octanol–water partition coefficient (Wildman–Crippen LogP) is 3.31. The molecular weight excluding hydrogens is 297 g/mol. The lowest BCUT2D eigenvalue weighted by Crippen LogP contribution is -2.21. The summed E-state index contributed by atoms with van der Waals surface area (Å²) in [6.07, 6.45) is 0. The van der Waals surface area contributed by atoms with E-state index in [1.807, 2.05) is 30.3 Å². The maximum atomic E-state index is 11.6. The Hall–Kier alpha value is -1.16. The second-order valence-electron chi connectivity index (χ2n) is 4.41. The highest BCUT2D eigenvalue weighted by atomic mass is 35.5. The first-order valence-electron chi connectivity index (χ1n) is 6.05. The summed E-state index contributed by atoms with van der Waals surface area (Å²) in [6.45, 7) is 0.374. The third-order valence-electron chi connectivity index (χ3n) is 2.86. The molecule has 2 rings (SSSR count). The first-order valence-corrected chi connectivity index (χ1v) is 8.11. The van der Waals surface area contributed by atoms with Gasteiger partial charge in [-0.05, 0) is 23.3 Å². The highest BCUT2D eigenvalue weighted by molar-refractivity contribution is 7.52. The first kappa shape index (κ1) is 15.2. The number of hydrogen-bond acceptors (Lipinski definition) is 2. The van der Waals surface area contributed by atoms with Crippen LogP contribution in [0.15, 0.2) is 54.6 Å². The van der Waals surface area contributed by atoms with Crippen molar-refractivity contribution in [3.8, 4) is 0 Å². The largest absolute Gasteiger partial charge is 0.346 e. The van der Waals surface area contributed by atoms with Crippen molar-refractivity contribution in [1.82, 2.24) is 5.32 Å². The van der Waals surface area contributed by atoms with Crippen LogP contribution >= 0.6 is 19.2 Å². The van der Waals surface area contributed by atoms with Crippen molar-refractivity contribution < 1.29 is 14.4 Å². The van der Waals surface area contributed by atoms with Crippen molar-refractivity contribution in [3.05, 3.63) is 70.7 Å². The number of hydrogen-bond donors (Lipinski definition) is 3. The Labute approximate surface area is 122 Å². The van der Waals surface area contributed by atoms with E-state index in [0.717, 1.165) is 5.56 Å². The molecule has 0 spiro atoms. The molecule has 0 saturated heterocycles. The Morgan fingerprint density at radius 2 is 1.65 bits per heavy atom. The summed E-state index contributed by atoms with van der Waals surface area (Å²) in [4.78, 5) is 19.0. The lowest BCUT2D eigenvalue weighted by Gasteiger charge is -2.20. The third-order valence-corrected chi connectivity index (χ3v) is 4.27. The first-order chi connectivity index (χ1) is 9.47. The standard InChI is InChI=1S/C14H15ClNO3P/c15-13-8-6-12(7-9-13)14(20(17,18)19)16-10-11-4-2-1-3-5-11/h1-9,14,16H,10H2,(H2,17,18,19)/t14-/m1/s1. The number of rotatable bonds is 5. The Bertz CT molecular complexity index is 598. The third kappa shape index (κ3) is 4.17. The van der Waals surface area contributed by atoms with Gasteiger partial charge in [-0.15, -0.1) is 0 Å². The minimum absolute atomic E-state index is 0.374. The van der Waals surface area contributed by atoms with Gasteiger partial charge in [0.1, 0.15) is 5.78 Å². The van der Waals surface area contributed by atoms with Crippen molar-refractivity contribution in [3.63, 3.8) is 0 Å². The van der Waals surface area contributed by atoms with Gasteiger partial charge in [0, 0.05) is 11.6 Å². The van der Waals surface area contributed by atoms with Crippen LogP contribution in [0.5, 0.6) is 0 Å². The average Bonchev–Trinajstić information content (AvgIpc) is 2.41. The Morgan fingerprint density at radius 1 is 1.05 bits per heavy atom. The van der Waals surface area contributed by atoms with Gasteiger partial charge in [-0.2, -0.15) is 0 Å². The molecular formula is C14H15ClNO3P. The molecule has 0 bridgehead atoms. The van der Waals surface area contributed by atoms with Crippen LogP contribution in [0, 0.1) is 0 Å². The van der Waals surface area contributed by atoms with Crippen molar-refractivity contribution in [1.29, 1.82) is 0 Å². The molecule has 0 amide bonds. The molecule has 2 aromatic rings. The second kappa shape index (κ2) is 6.53. The van der Waals surface area contributed by atoms with Crippen LogP contribution in [0.2, 0.25) is 5.02 Å².